The zero-order chi connectivity index (χ0) is 20.7. The molecule has 3 heterocycles. The van der Waals surface area contributed by atoms with Crippen molar-refractivity contribution in [3.8, 4) is 0 Å². The molecule has 1 saturated carbocycles. The maximum atomic E-state index is 12.6. The molecule has 9 heteroatoms. The fraction of sp³-hybridized carbons (Fsp3) is 0.476. The second-order valence-corrected chi connectivity index (χ2v) is 8.14. The first-order valence-electron chi connectivity index (χ1n) is 10.4. The molecule has 1 aliphatic carbocycles. The van der Waals surface area contributed by atoms with Gasteiger partial charge in [-0.3, -0.25) is 19.4 Å². The first kappa shape index (κ1) is 19.2. The number of halogens is 2. The third kappa shape index (κ3) is 3.81. The maximum absolute atomic E-state index is 12.6. The Hall–Kier alpha value is -2.81. The van der Waals surface area contributed by atoms with Gasteiger partial charge in [-0.2, -0.15) is 5.10 Å². The number of anilines is 1. The minimum Gasteiger partial charge on any atom is -0.369 e. The predicted molar refractivity (Wildman–Crippen MR) is 110 cm³/mol. The number of H-pyrrole nitrogens is 1. The van der Waals surface area contributed by atoms with Gasteiger partial charge < -0.3 is 4.90 Å². The van der Waals surface area contributed by atoms with Crippen molar-refractivity contribution >= 4 is 16.6 Å². The minimum absolute atomic E-state index is 0.369. The first-order valence-corrected chi connectivity index (χ1v) is 10.4. The van der Waals surface area contributed by atoms with Gasteiger partial charge in [-0.25, -0.2) is 13.8 Å². The van der Waals surface area contributed by atoms with Crippen LogP contribution in [0.25, 0.3) is 10.9 Å². The summed E-state index contributed by atoms with van der Waals surface area (Å²) in [5, 5.41) is 7.76. The van der Waals surface area contributed by atoms with Gasteiger partial charge in [0, 0.05) is 55.6 Å². The number of benzene rings is 1. The van der Waals surface area contributed by atoms with Crippen LogP contribution in [0.15, 0.2) is 35.5 Å². The molecule has 158 valence electrons. The van der Waals surface area contributed by atoms with Crippen molar-refractivity contribution < 1.29 is 8.78 Å². The molecule has 0 atom stereocenters. The SMILES string of the molecule is O=c1c2ccc(N3CCN(Cc4cn[nH]c4C4CC4)CC3)cc2ncn1CC(F)F. The zero-order valence-electron chi connectivity index (χ0n) is 16.6. The molecular formula is C21H24F2N6O. The van der Waals surface area contributed by atoms with Crippen LogP contribution in [-0.2, 0) is 13.1 Å². The van der Waals surface area contributed by atoms with Crippen LogP contribution in [0.3, 0.4) is 0 Å². The molecule has 0 unspecified atom stereocenters. The molecule has 7 nitrogen and oxygen atoms in total. The van der Waals surface area contributed by atoms with Gasteiger partial charge in [0.05, 0.1) is 30.0 Å². The molecule has 3 aromatic rings. The Kier molecular flexibility index (Phi) is 4.98. The molecule has 2 aliphatic rings. The van der Waals surface area contributed by atoms with E-state index in [0.717, 1.165) is 43.0 Å². The van der Waals surface area contributed by atoms with Gasteiger partial charge in [-0.15, -0.1) is 0 Å². The first-order chi connectivity index (χ1) is 14.6. The normalized spacial score (nSPS) is 17.9. The van der Waals surface area contributed by atoms with Crippen LogP contribution in [-0.4, -0.2) is 57.3 Å². The average molecular weight is 414 g/mol. The second-order valence-electron chi connectivity index (χ2n) is 8.14. The fourth-order valence-electron chi connectivity index (χ4n) is 4.20. The average Bonchev–Trinajstić information content (AvgIpc) is 3.49. The van der Waals surface area contributed by atoms with Crippen molar-refractivity contribution in [2.75, 3.05) is 31.1 Å². The van der Waals surface area contributed by atoms with Gasteiger partial charge in [-0.05, 0) is 31.0 Å². The van der Waals surface area contributed by atoms with Gasteiger partial charge >= 0.3 is 0 Å². The summed E-state index contributed by atoms with van der Waals surface area (Å²) in [4.78, 5) is 21.3. The van der Waals surface area contributed by atoms with Gasteiger partial charge in [0.1, 0.15) is 0 Å². The number of alkyl halides is 2. The molecular weight excluding hydrogens is 390 g/mol. The van der Waals surface area contributed by atoms with E-state index in [4.69, 9.17) is 0 Å². The molecule has 30 heavy (non-hydrogen) atoms. The van der Waals surface area contributed by atoms with E-state index < -0.39 is 18.5 Å². The topological polar surface area (TPSA) is 70.1 Å². The number of aromatic amines is 1. The van der Waals surface area contributed by atoms with Gasteiger partial charge in [-0.1, -0.05) is 0 Å². The number of hydrogen-bond donors (Lipinski definition) is 1. The fourth-order valence-corrected chi connectivity index (χ4v) is 4.20. The lowest BCUT2D eigenvalue weighted by Gasteiger charge is -2.36. The molecule has 0 amide bonds. The Bertz CT molecular complexity index is 1100. The molecule has 5 rings (SSSR count). The Labute approximate surface area is 172 Å². The molecule has 2 fully saturated rings. The molecule has 1 aromatic carbocycles. The summed E-state index contributed by atoms with van der Waals surface area (Å²) >= 11 is 0. The van der Waals surface area contributed by atoms with Crippen LogP contribution in [0, 0.1) is 0 Å². The number of aromatic nitrogens is 4. The zero-order valence-corrected chi connectivity index (χ0v) is 16.6. The van der Waals surface area contributed by atoms with Crippen molar-refractivity contribution in [2.24, 2.45) is 0 Å². The third-order valence-electron chi connectivity index (χ3n) is 6.01. The highest BCUT2D eigenvalue weighted by Gasteiger charge is 2.28. The number of fused-ring (bicyclic) bond motifs is 1. The van der Waals surface area contributed by atoms with E-state index in [2.05, 4.69) is 25.0 Å². The number of piperazine rings is 1. The second kappa shape index (κ2) is 7.79. The summed E-state index contributed by atoms with van der Waals surface area (Å²) in [5.41, 5.74) is 3.72. The highest BCUT2D eigenvalue weighted by atomic mass is 19.3. The van der Waals surface area contributed by atoms with E-state index >= 15 is 0 Å². The smallest absolute Gasteiger partial charge is 0.261 e. The summed E-state index contributed by atoms with van der Waals surface area (Å²) in [6.45, 7) is 3.92. The summed E-state index contributed by atoms with van der Waals surface area (Å²) in [6, 6.07) is 5.46. The van der Waals surface area contributed by atoms with Crippen molar-refractivity contribution in [2.45, 2.75) is 38.3 Å². The largest absolute Gasteiger partial charge is 0.369 e. The molecule has 1 aliphatic heterocycles. The number of rotatable bonds is 6. The van der Waals surface area contributed by atoms with Gasteiger partial charge in [0.25, 0.3) is 12.0 Å². The molecule has 0 spiro atoms. The lowest BCUT2D eigenvalue weighted by atomic mass is 10.1. The molecule has 2 aromatic heterocycles. The highest BCUT2D eigenvalue weighted by Crippen LogP contribution is 2.40. The highest BCUT2D eigenvalue weighted by molar-refractivity contribution is 5.81. The van der Waals surface area contributed by atoms with Crippen LogP contribution in [0.5, 0.6) is 0 Å². The number of nitrogens with one attached hydrogen (secondary N) is 1. The standard InChI is InChI=1S/C21H24F2N6O/c22-19(23)12-29-13-24-18-9-16(3-4-17(18)21(29)30)28-7-5-27(6-8-28)11-15-10-25-26-20(15)14-1-2-14/h3-4,9-10,13-14,19H,1-2,5-8,11-12H2,(H,25,26). The molecule has 0 radical (unpaired) electrons. The van der Waals surface area contributed by atoms with Crippen molar-refractivity contribution in [3.05, 3.63) is 52.3 Å². The quantitative estimate of drug-likeness (QED) is 0.672. The van der Waals surface area contributed by atoms with Crippen LogP contribution < -0.4 is 10.5 Å². The monoisotopic (exact) mass is 414 g/mol. The summed E-state index contributed by atoms with van der Waals surface area (Å²) in [6.07, 6.45) is 3.09. The van der Waals surface area contributed by atoms with Gasteiger partial charge in [0.2, 0.25) is 0 Å². The van der Waals surface area contributed by atoms with E-state index in [1.54, 1.807) is 6.07 Å². The summed E-state index contributed by atoms with van der Waals surface area (Å²) in [5.74, 6) is 0.666. The lowest BCUT2D eigenvalue weighted by molar-refractivity contribution is 0.125. The maximum Gasteiger partial charge on any atom is 0.261 e. The number of nitrogens with zero attached hydrogens (tertiary/aromatic N) is 5. The Balaban J connectivity index is 1.26. The third-order valence-corrected chi connectivity index (χ3v) is 6.01. The van der Waals surface area contributed by atoms with E-state index in [0.29, 0.717) is 16.8 Å². The number of hydrogen-bond acceptors (Lipinski definition) is 5. The van der Waals surface area contributed by atoms with Crippen LogP contribution in [0.1, 0.15) is 30.0 Å². The minimum atomic E-state index is -2.58. The Morgan fingerprint density at radius 1 is 1.17 bits per heavy atom. The van der Waals surface area contributed by atoms with Crippen molar-refractivity contribution in [1.29, 1.82) is 0 Å². The van der Waals surface area contributed by atoms with E-state index in [1.165, 1.54) is 30.4 Å². The van der Waals surface area contributed by atoms with Gasteiger partial charge in [0.15, 0.2) is 0 Å². The molecule has 1 saturated heterocycles. The Morgan fingerprint density at radius 3 is 2.70 bits per heavy atom. The predicted octanol–water partition coefficient (Wildman–Crippen LogP) is 2.58. The van der Waals surface area contributed by atoms with Crippen molar-refractivity contribution in [3.63, 3.8) is 0 Å². The van der Waals surface area contributed by atoms with Crippen LogP contribution in [0.4, 0.5) is 14.5 Å². The van der Waals surface area contributed by atoms with E-state index in [-0.39, 0.29) is 0 Å². The van der Waals surface area contributed by atoms with Crippen LogP contribution >= 0.6 is 0 Å². The van der Waals surface area contributed by atoms with Crippen LogP contribution in [0.2, 0.25) is 0 Å². The summed E-state index contributed by atoms with van der Waals surface area (Å²) in [7, 11) is 0. The summed E-state index contributed by atoms with van der Waals surface area (Å²) < 4.78 is 26.2. The lowest BCUT2D eigenvalue weighted by Crippen LogP contribution is -2.46. The molecule has 0 bridgehead atoms. The Morgan fingerprint density at radius 2 is 1.97 bits per heavy atom. The van der Waals surface area contributed by atoms with E-state index in [9.17, 15) is 13.6 Å². The molecule has 1 N–H and O–H groups in total. The van der Waals surface area contributed by atoms with Crippen molar-refractivity contribution in [1.82, 2.24) is 24.6 Å². The van der Waals surface area contributed by atoms with E-state index in [1.807, 2.05) is 18.3 Å².